The van der Waals surface area contributed by atoms with Crippen LogP contribution in [0.4, 0.5) is 0 Å². The van der Waals surface area contributed by atoms with Gasteiger partial charge in [-0.2, -0.15) is 0 Å². The molecule has 0 spiro atoms. The monoisotopic (exact) mass is 234 g/mol. The molecule has 3 heteroatoms. The van der Waals surface area contributed by atoms with E-state index < -0.39 is 0 Å². The molecule has 0 aromatic carbocycles. The Labute approximate surface area is 104 Å². The average molecular weight is 234 g/mol. The molecule has 2 rings (SSSR count). The predicted octanol–water partition coefficient (Wildman–Crippen LogP) is 2.69. The summed E-state index contributed by atoms with van der Waals surface area (Å²) in [7, 11) is 0. The van der Waals surface area contributed by atoms with Crippen LogP contribution in [0.15, 0.2) is 24.5 Å². The summed E-state index contributed by atoms with van der Waals surface area (Å²) in [5, 5.41) is 3.67. The Balaban J connectivity index is 1.93. The van der Waals surface area contributed by atoms with E-state index in [9.17, 15) is 0 Å². The van der Waals surface area contributed by atoms with Crippen LogP contribution in [0.2, 0.25) is 0 Å². The predicted molar refractivity (Wildman–Crippen MR) is 68.8 cm³/mol. The summed E-state index contributed by atoms with van der Waals surface area (Å²) in [4.78, 5) is 4.16. The molecule has 0 bridgehead atoms. The van der Waals surface area contributed by atoms with Gasteiger partial charge in [-0.15, -0.1) is 0 Å². The van der Waals surface area contributed by atoms with E-state index in [0.717, 1.165) is 19.4 Å². The molecule has 2 atom stereocenters. The Bertz CT molecular complexity index is 350. The molecule has 1 aromatic rings. The smallest absolute Gasteiger partial charge is 0.0641 e. The van der Waals surface area contributed by atoms with Gasteiger partial charge in [0.25, 0.3) is 0 Å². The molecule has 1 saturated heterocycles. The number of hydrogen-bond donors (Lipinski definition) is 1. The van der Waals surface area contributed by atoms with Crippen LogP contribution in [0.1, 0.15) is 45.2 Å². The van der Waals surface area contributed by atoms with Gasteiger partial charge in [-0.3, -0.25) is 4.98 Å². The van der Waals surface area contributed by atoms with Crippen LogP contribution < -0.4 is 5.32 Å². The lowest BCUT2D eigenvalue weighted by Gasteiger charge is -2.37. The van der Waals surface area contributed by atoms with Crippen LogP contribution in [-0.2, 0) is 4.74 Å². The molecule has 2 heterocycles. The van der Waals surface area contributed by atoms with Crippen LogP contribution in [0.3, 0.4) is 0 Å². The van der Waals surface area contributed by atoms with E-state index in [1.165, 1.54) is 5.56 Å². The summed E-state index contributed by atoms with van der Waals surface area (Å²) in [6.07, 6.45) is 5.90. The molecule has 17 heavy (non-hydrogen) atoms. The molecule has 1 aliphatic rings. The zero-order chi connectivity index (χ0) is 12.3. The minimum absolute atomic E-state index is 0.00454. The van der Waals surface area contributed by atoms with Gasteiger partial charge in [0.2, 0.25) is 0 Å². The maximum atomic E-state index is 5.73. The molecular formula is C14H22N2O. The number of hydrogen-bond acceptors (Lipinski definition) is 3. The third-order valence-corrected chi connectivity index (χ3v) is 3.37. The minimum Gasteiger partial charge on any atom is -0.375 e. The fourth-order valence-electron chi connectivity index (χ4n) is 2.46. The lowest BCUT2D eigenvalue weighted by molar-refractivity contribution is -0.0640. The number of ether oxygens (including phenoxy) is 1. The van der Waals surface area contributed by atoms with Gasteiger partial charge in [-0.05, 0) is 45.2 Å². The van der Waals surface area contributed by atoms with Gasteiger partial charge in [-0.1, -0.05) is 6.07 Å². The quantitative estimate of drug-likeness (QED) is 0.873. The first-order valence-corrected chi connectivity index (χ1v) is 6.37. The summed E-state index contributed by atoms with van der Waals surface area (Å²) in [5.41, 5.74) is 1.25. The number of pyridine rings is 1. The third-order valence-electron chi connectivity index (χ3n) is 3.37. The highest BCUT2D eigenvalue weighted by atomic mass is 16.5. The van der Waals surface area contributed by atoms with Crippen molar-refractivity contribution in [2.75, 3.05) is 6.61 Å². The molecule has 0 radical (unpaired) electrons. The average Bonchev–Trinajstić information content (AvgIpc) is 2.29. The van der Waals surface area contributed by atoms with Gasteiger partial charge in [0.15, 0.2) is 0 Å². The minimum atomic E-state index is 0.00454. The van der Waals surface area contributed by atoms with E-state index >= 15 is 0 Å². The zero-order valence-corrected chi connectivity index (χ0v) is 10.9. The van der Waals surface area contributed by atoms with Crippen molar-refractivity contribution in [1.82, 2.24) is 10.3 Å². The molecule has 1 N–H and O–H groups in total. The Morgan fingerprint density at radius 1 is 1.53 bits per heavy atom. The number of aromatic nitrogens is 1. The standard InChI is InChI=1S/C14H22N2O/c1-11(12-5-4-7-15-10-12)16-13-6-8-17-14(2,3)9-13/h4-5,7,10-11,13,16H,6,8-9H2,1-3H3/t11-,13?/m0/s1. The highest BCUT2D eigenvalue weighted by Gasteiger charge is 2.29. The van der Waals surface area contributed by atoms with Gasteiger partial charge in [0.1, 0.15) is 0 Å². The Hall–Kier alpha value is -0.930. The number of nitrogens with one attached hydrogen (secondary N) is 1. The van der Waals surface area contributed by atoms with Crippen molar-refractivity contribution in [2.45, 2.75) is 51.3 Å². The summed E-state index contributed by atoms with van der Waals surface area (Å²) < 4.78 is 5.73. The molecule has 0 saturated carbocycles. The first-order valence-electron chi connectivity index (χ1n) is 6.37. The molecular weight excluding hydrogens is 212 g/mol. The molecule has 1 fully saturated rings. The Kier molecular flexibility index (Phi) is 3.79. The van der Waals surface area contributed by atoms with Gasteiger partial charge >= 0.3 is 0 Å². The number of rotatable bonds is 3. The van der Waals surface area contributed by atoms with Crippen molar-refractivity contribution in [1.29, 1.82) is 0 Å². The summed E-state index contributed by atoms with van der Waals surface area (Å²) in [6.45, 7) is 7.37. The summed E-state index contributed by atoms with van der Waals surface area (Å²) >= 11 is 0. The van der Waals surface area contributed by atoms with Crippen LogP contribution >= 0.6 is 0 Å². The molecule has 0 aliphatic carbocycles. The van der Waals surface area contributed by atoms with Crippen LogP contribution in [-0.4, -0.2) is 23.2 Å². The summed E-state index contributed by atoms with van der Waals surface area (Å²) in [5.74, 6) is 0. The lowest BCUT2D eigenvalue weighted by Crippen LogP contribution is -2.44. The van der Waals surface area contributed by atoms with E-state index in [0.29, 0.717) is 12.1 Å². The number of nitrogens with zero attached hydrogens (tertiary/aromatic N) is 1. The van der Waals surface area contributed by atoms with Crippen molar-refractivity contribution >= 4 is 0 Å². The van der Waals surface area contributed by atoms with Crippen molar-refractivity contribution < 1.29 is 4.74 Å². The van der Waals surface area contributed by atoms with Gasteiger partial charge < -0.3 is 10.1 Å². The van der Waals surface area contributed by atoms with Crippen LogP contribution in [0.5, 0.6) is 0 Å². The van der Waals surface area contributed by atoms with Crippen molar-refractivity contribution in [2.24, 2.45) is 0 Å². The van der Waals surface area contributed by atoms with E-state index in [-0.39, 0.29) is 5.60 Å². The second-order valence-corrected chi connectivity index (χ2v) is 5.47. The molecule has 1 aromatic heterocycles. The zero-order valence-electron chi connectivity index (χ0n) is 10.9. The van der Waals surface area contributed by atoms with Gasteiger partial charge in [0, 0.05) is 31.1 Å². The molecule has 1 aliphatic heterocycles. The third kappa shape index (κ3) is 3.51. The maximum Gasteiger partial charge on any atom is 0.0641 e. The van der Waals surface area contributed by atoms with Crippen molar-refractivity contribution in [3.05, 3.63) is 30.1 Å². The highest BCUT2D eigenvalue weighted by Crippen LogP contribution is 2.25. The summed E-state index contributed by atoms with van der Waals surface area (Å²) in [6, 6.07) is 4.99. The van der Waals surface area contributed by atoms with Crippen LogP contribution in [0.25, 0.3) is 0 Å². The fraction of sp³-hybridized carbons (Fsp3) is 0.643. The topological polar surface area (TPSA) is 34.1 Å². The molecule has 3 nitrogen and oxygen atoms in total. The lowest BCUT2D eigenvalue weighted by atomic mass is 9.93. The Morgan fingerprint density at radius 3 is 3.00 bits per heavy atom. The second-order valence-electron chi connectivity index (χ2n) is 5.47. The SMILES string of the molecule is C[C@H](NC1CCOC(C)(C)C1)c1cccnc1. The van der Waals surface area contributed by atoms with Crippen LogP contribution in [0, 0.1) is 0 Å². The van der Waals surface area contributed by atoms with E-state index in [2.05, 4.69) is 37.1 Å². The van der Waals surface area contributed by atoms with E-state index in [4.69, 9.17) is 4.74 Å². The fourth-order valence-corrected chi connectivity index (χ4v) is 2.46. The van der Waals surface area contributed by atoms with E-state index in [1.807, 2.05) is 18.5 Å². The van der Waals surface area contributed by atoms with Crippen molar-refractivity contribution in [3.8, 4) is 0 Å². The first-order chi connectivity index (χ1) is 8.07. The van der Waals surface area contributed by atoms with Crippen molar-refractivity contribution in [3.63, 3.8) is 0 Å². The molecule has 94 valence electrons. The highest BCUT2D eigenvalue weighted by molar-refractivity contribution is 5.13. The molecule has 1 unspecified atom stereocenters. The van der Waals surface area contributed by atoms with E-state index in [1.54, 1.807) is 0 Å². The first kappa shape index (κ1) is 12.5. The van der Waals surface area contributed by atoms with Gasteiger partial charge in [-0.25, -0.2) is 0 Å². The maximum absolute atomic E-state index is 5.73. The molecule has 0 amide bonds. The second kappa shape index (κ2) is 5.15. The normalized spacial score (nSPS) is 25.5. The largest absolute Gasteiger partial charge is 0.375 e. The van der Waals surface area contributed by atoms with Gasteiger partial charge in [0.05, 0.1) is 5.60 Å². The Morgan fingerprint density at radius 2 is 2.35 bits per heavy atom.